The van der Waals surface area contributed by atoms with Crippen molar-refractivity contribution < 1.29 is 14.3 Å². The number of carbonyl (C=O) groups excluding carboxylic acids is 1. The Morgan fingerprint density at radius 1 is 1.00 bits per heavy atom. The molecule has 0 aliphatic carbocycles. The highest BCUT2D eigenvalue weighted by Crippen LogP contribution is 2.34. The van der Waals surface area contributed by atoms with Gasteiger partial charge in [0.15, 0.2) is 11.5 Å². The van der Waals surface area contributed by atoms with Gasteiger partial charge in [-0.2, -0.15) is 0 Å². The maximum Gasteiger partial charge on any atom is 0.238 e. The topological polar surface area (TPSA) is 54.0 Å². The van der Waals surface area contributed by atoms with Gasteiger partial charge in [0, 0.05) is 44.5 Å². The van der Waals surface area contributed by atoms with E-state index in [2.05, 4.69) is 46.3 Å². The van der Waals surface area contributed by atoms with E-state index in [1.54, 1.807) is 6.07 Å². The minimum atomic E-state index is 0.00113. The summed E-state index contributed by atoms with van der Waals surface area (Å²) in [6, 6.07) is 14.0. The molecule has 1 saturated heterocycles. The van der Waals surface area contributed by atoms with Gasteiger partial charge in [0.2, 0.25) is 12.7 Å². The molecule has 0 atom stereocenters. The monoisotopic (exact) mass is 367 g/mol. The summed E-state index contributed by atoms with van der Waals surface area (Å²) in [6.07, 6.45) is 0. The second-order valence-corrected chi connectivity index (χ2v) is 7.09. The first-order chi connectivity index (χ1) is 13.2. The van der Waals surface area contributed by atoms with Gasteiger partial charge in [0.1, 0.15) is 0 Å². The molecule has 2 aliphatic rings. The highest BCUT2D eigenvalue weighted by atomic mass is 16.7. The van der Waals surface area contributed by atoms with Crippen LogP contribution in [0.2, 0.25) is 0 Å². The highest BCUT2D eigenvalue weighted by molar-refractivity contribution is 5.92. The summed E-state index contributed by atoms with van der Waals surface area (Å²) in [5.74, 6) is 1.40. The quantitative estimate of drug-likeness (QED) is 0.880. The van der Waals surface area contributed by atoms with Gasteiger partial charge in [-0.05, 0) is 30.2 Å². The van der Waals surface area contributed by atoms with E-state index in [1.807, 2.05) is 12.1 Å². The first-order valence-electron chi connectivity index (χ1n) is 9.36. The van der Waals surface area contributed by atoms with E-state index in [4.69, 9.17) is 9.47 Å². The van der Waals surface area contributed by atoms with Gasteiger partial charge in [-0.25, -0.2) is 0 Å². The zero-order chi connectivity index (χ0) is 18.6. The number of nitrogens with one attached hydrogen (secondary N) is 1. The van der Waals surface area contributed by atoms with Gasteiger partial charge in [-0.15, -0.1) is 0 Å². The molecule has 0 saturated carbocycles. The third-order valence-corrected chi connectivity index (χ3v) is 5.14. The first kappa shape index (κ1) is 17.8. The van der Waals surface area contributed by atoms with E-state index in [0.29, 0.717) is 12.3 Å². The van der Waals surface area contributed by atoms with Crippen molar-refractivity contribution in [3.8, 4) is 11.5 Å². The second-order valence-electron chi connectivity index (χ2n) is 7.09. The minimum Gasteiger partial charge on any atom is -0.454 e. The number of nitrogens with zero attached hydrogens (tertiary/aromatic N) is 2. The molecular formula is C21H25N3O3. The lowest BCUT2D eigenvalue weighted by molar-refractivity contribution is -0.117. The van der Waals surface area contributed by atoms with Crippen LogP contribution in [0.25, 0.3) is 0 Å². The van der Waals surface area contributed by atoms with Crippen LogP contribution in [0.5, 0.6) is 11.5 Å². The molecule has 0 unspecified atom stereocenters. The van der Waals surface area contributed by atoms with E-state index in [1.165, 1.54) is 11.1 Å². The molecule has 1 amide bonds. The number of rotatable bonds is 5. The van der Waals surface area contributed by atoms with Crippen LogP contribution in [0.1, 0.15) is 11.1 Å². The smallest absolute Gasteiger partial charge is 0.238 e. The molecule has 6 nitrogen and oxygen atoms in total. The first-order valence-corrected chi connectivity index (χ1v) is 9.36. The van der Waals surface area contributed by atoms with Crippen LogP contribution in [0.15, 0.2) is 42.5 Å². The van der Waals surface area contributed by atoms with Crippen LogP contribution in [0, 0.1) is 6.92 Å². The second kappa shape index (κ2) is 7.98. The van der Waals surface area contributed by atoms with Crippen molar-refractivity contribution in [2.75, 3.05) is 44.8 Å². The average Bonchev–Trinajstić information content (AvgIpc) is 3.13. The van der Waals surface area contributed by atoms with Gasteiger partial charge in [-0.3, -0.25) is 14.6 Å². The van der Waals surface area contributed by atoms with Crippen molar-refractivity contribution in [1.29, 1.82) is 0 Å². The Kier molecular flexibility index (Phi) is 5.27. The Labute approximate surface area is 159 Å². The fourth-order valence-electron chi connectivity index (χ4n) is 3.51. The van der Waals surface area contributed by atoms with Crippen LogP contribution < -0.4 is 14.8 Å². The summed E-state index contributed by atoms with van der Waals surface area (Å²) in [7, 11) is 0. The number of benzene rings is 2. The number of fused-ring (bicyclic) bond motifs is 1. The number of hydrogen-bond acceptors (Lipinski definition) is 5. The number of ether oxygens (including phenoxy) is 2. The SMILES string of the molecule is Cc1ccccc1CN1CCN(CC(=O)Nc2ccc3c(c2)OCO3)CC1. The molecule has 4 rings (SSSR count). The summed E-state index contributed by atoms with van der Waals surface area (Å²) >= 11 is 0. The molecular weight excluding hydrogens is 342 g/mol. The fraction of sp³-hybridized carbons (Fsp3) is 0.381. The molecule has 2 aliphatic heterocycles. The van der Waals surface area contributed by atoms with Crippen molar-refractivity contribution in [3.63, 3.8) is 0 Å². The summed E-state index contributed by atoms with van der Waals surface area (Å²) < 4.78 is 10.6. The summed E-state index contributed by atoms with van der Waals surface area (Å²) in [5, 5.41) is 2.95. The van der Waals surface area contributed by atoms with Crippen molar-refractivity contribution >= 4 is 11.6 Å². The normalized spacial score (nSPS) is 17.1. The van der Waals surface area contributed by atoms with Crippen LogP contribution in [-0.4, -0.2) is 55.2 Å². The average molecular weight is 367 g/mol. The number of amides is 1. The number of piperazine rings is 1. The van der Waals surface area contributed by atoms with Crippen molar-refractivity contribution in [2.45, 2.75) is 13.5 Å². The fourth-order valence-corrected chi connectivity index (χ4v) is 3.51. The van der Waals surface area contributed by atoms with Gasteiger partial charge in [0.05, 0.1) is 6.54 Å². The zero-order valence-electron chi connectivity index (χ0n) is 15.6. The Hall–Kier alpha value is -2.57. The number of carbonyl (C=O) groups is 1. The largest absolute Gasteiger partial charge is 0.454 e. The summed E-state index contributed by atoms with van der Waals surface area (Å²) in [6.45, 7) is 7.54. The lowest BCUT2D eigenvalue weighted by Crippen LogP contribution is -2.48. The molecule has 0 radical (unpaired) electrons. The standard InChI is InChI=1S/C21H25N3O3/c1-16-4-2-3-5-17(16)13-23-8-10-24(11-9-23)14-21(25)22-18-6-7-19-20(12-18)27-15-26-19/h2-7,12H,8-11,13-15H2,1H3,(H,22,25). The van der Waals surface area contributed by atoms with Crippen molar-refractivity contribution in [3.05, 3.63) is 53.6 Å². The predicted molar refractivity (Wildman–Crippen MR) is 104 cm³/mol. The molecule has 2 heterocycles. The van der Waals surface area contributed by atoms with E-state index < -0.39 is 0 Å². The summed E-state index contributed by atoms with van der Waals surface area (Å²) in [4.78, 5) is 17.0. The van der Waals surface area contributed by atoms with E-state index in [0.717, 1.165) is 44.2 Å². The minimum absolute atomic E-state index is 0.00113. The molecule has 0 aromatic heterocycles. The van der Waals surface area contributed by atoms with Crippen molar-refractivity contribution in [2.24, 2.45) is 0 Å². The number of aryl methyl sites for hydroxylation is 1. The molecule has 1 N–H and O–H groups in total. The lowest BCUT2D eigenvalue weighted by Gasteiger charge is -2.34. The Bertz CT molecular complexity index is 816. The third kappa shape index (κ3) is 4.40. The van der Waals surface area contributed by atoms with Crippen LogP contribution in [0.3, 0.4) is 0 Å². The van der Waals surface area contributed by atoms with Gasteiger partial charge < -0.3 is 14.8 Å². The zero-order valence-corrected chi connectivity index (χ0v) is 15.6. The summed E-state index contributed by atoms with van der Waals surface area (Å²) in [5.41, 5.74) is 3.46. The lowest BCUT2D eigenvalue weighted by atomic mass is 10.1. The maximum atomic E-state index is 12.4. The van der Waals surface area contributed by atoms with E-state index >= 15 is 0 Å². The van der Waals surface area contributed by atoms with Crippen LogP contribution in [0.4, 0.5) is 5.69 Å². The molecule has 2 aromatic carbocycles. The van der Waals surface area contributed by atoms with E-state index in [9.17, 15) is 4.79 Å². The van der Waals surface area contributed by atoms with Crippen LogP contribution in [-0.2, 0) is 11.3 Å². The van der Waals surface area contributed by atoms with Crippen LogP contribution >= 0.6 is 0 Å². The molecule has 27 heavy (non-hydrogen) atoms. The van der Waals surface area contributed by atoms with Gasteiger partial charge >= 0.3 is 0 Å². The molecule has 0 bridgehead atoms. The Balaban J connectivity index is 1.24. The molecule has 2 aromatic rings. The Morgan fingerprint density at radius 3 is 2.56 bits per heavy atom. The molecule has 1 fully saturated rings. The highest BCUT2D eigenvalue weighted by Gasteiger charge is 2.20. The number of hydrogen-bond donors (Lipinski definition) is 1. The number of anilines is 1. The Morgan fingerprint density at radius 2 is 1.74 bits per heavy atom. The molecule has 6 heteroatoms. The van der Waals surface area contributed by atoms with Gasteiger partial charge in [-0.1, -0.05) is 24.3 Å². The third-order valence-electron chi connectivity index (χ3n) is 5.14. The van der Waals surface area contributed by atoms with Gasteiger partial charge in [0.25, 0.3) is 0 Å². The molecule has 142 valence electrons. The van der Waals surface area contributed by atoms with E-state index in [-0.39, 0.29) is 12.7 Å². The maximum absolute atomic E-state index is 12.4. The predicted octanol–water partition coefficient (Wildman–Crippen LogP) is 2.48. The van der Waals surface area contributed by atoms with Crippen molar-refractivity contribution in [1.82, 2.24) is 9.80 Å². The molecule has 0 spiro atoms.